The monoisotopic (exact) mass is 447 g/mol. The fourth-order valence-electron chi connectivity index (χ4n) is 3.86. The number of β-amino-alcohol motifs (C(OH)–C–C–N with tert-alkyl or cyclic N) is 1. The third-order valence-electron chi connectivity index (χ3n) is 5.19. The van der Waals surface area contributed by atoms with Crippen LogP contribution in [0.25, 0.3) is 0 Å². The Balaban J connectivity index is 1.57. The molecule has 0 fully saturated rings. The number of thioether (sulfide) groups is 1. The van der Waals surface area contributed by atoms with Crippen molar-refractivity contribution in [1.29, 1.82) is 0 Å². The number of hydrogen-bond acceptors (Lipinski definition) is 5. The number of rotatable bonds is 2. The van der Waals surface area contributed by atoms with E-state index in [2.05, 4.69) is 37.5 Å². The molecule has 0 bridgehead atoms. The van der Waals surface area contributed by atoms with Crippen LogP contribution in [0, 0.1) is 0 Å². The molecule has 0 aliphatic carbocycles. The van der Waals surface area contributed by atoms with Crippen LogP contribution in [-0.4, -0.2) is 46.9 Å². The lowest BCUT2D eigenvalue weighted by molar-refractivity contribution is -0.656. The van der Waals surface area contributed by atoms with Crippen LogP contribution in [0.4, 0.5) is 5.69 Å². The van der Waals surface area contributed by atoms with Crippen LogP contribution >= 0.6 is 27.7 Å². The van der Waals surface area contributed by atoms with E-state index in [1.165, 1.54) is 0 Å². The maximum absolute atomic E-state index is 11.8. The molecule has 0 spiro atoms. The summed E-state index contributed by atoms with van der Waals surface area (Å²) in [5.74, 6) is 2.52. The van der Waals surface area contributed by atoms with E-state index in [0.29, 0.717) is 25.5 Å². The zero-order chi connectivity index (χ0) is 18.4. The Morgan fingerprint density at radius 2 is 1.85 bits per heavy atom. The van der Waals surface area contributed by atoms with Gasteiger partial charge in [0, 0.05) is 15.8 Å². The Morgan fingerprint density at radius 1 is 1.07 bits per heavy atom. The van der Waals surface area contributed by atoms with Crippen molar-refractivity contribution >= 4 is 38.5 Å². The van der Waals surface area contributed by atoms with Gasteiger partial charge in [-0.25, -0.2) is 9.48 Å². The molecule has 0 saturated heterocycles. The smallest absolute Gasteiger partial charge is 0.316 e. The van der Waals surface area contributed by atoms with Gasteiger partial charge in [-0.05, 0) is 60.6 Å². The molecule has 5 nitrogen and oxygen atoms in total. The van der Waals surface area contributed by atoms with Gasteiger partial charge in [0.05, 0.1) is 6.54 Å². The van der Waals surface area contributed by atoms with Gasteiger partial charge >= 0.3 is 5.17 Å². The fraction of sp³-hybridized carbons (Fsp3) is 0.350. The summed E-state index contributed by atoms with van der Waals surface area (Å²) in [5, 5.41) is 12.9. The number of amidine groups is 1. The van der Waals surface area contributed by atoms with Gasteiger partial charge in [-0.15, -0.1) is 0 Å². The Kier molecular flexibility index (Phi) is 4.33. The number of fused-ring (bicyclic) bond motifs is 1. The van der Waals surface area contributed by atoms with Crippen LogP contribution in [-0.2, 0) is 5.72 Å². The molecular weight excluding hydrogens is 428 g/mol. The molecule has 7 heteroatoms. The van der Waals surface area contributed by atoms with Gasteiger partial charge in [-0.2, -0.15) is 0 Å². The van der Waals surface area contributed by atoms with Crippen LogP contribution in [0.2, 0.25) is 0 Å². The van der Waals surface area contributed by atoms with Crippen LogP contribution in [0.1, 0.15) is 12.0 Å². The first-order valence-corrected chi connectivity index (χ1v) is 10.9. The number of nitrogens with zero attached hydrogens (tertiary/aromatic N) is 2. The second-order valence-corrected chi connectivity index (χ2v) is 8.85. The standard InChI is InChI=1S/C20H20BrN2O3S/c21-15-3-5-16(6-4-15)22-13-20(24,23-8-1-11-27-19(22)23)14-2-7-17-18(12-14)26-10-9-25-17/h2-7,12,24H,1,8-11,13H2/q+1. The minimum absolute atomic E-state index is 0.483. The number of anilines is 1. The number of ether oxygens (including phenoxy) is 2. The largest absolute Gasteiger partial charge is 0.486 e. The minimum Gasteiger partial charge on any atom is -0.486 e. The molecule has 5 rings (SSSR count). The summed E-state index contributed by atoms with van der Waals surface area (Å²) in [4.78, 5) is 2.22. The third kappa shape index (κ3) is 2.92. The summed E-state index contributed by atoms with van der Waals surface area (Å²) in [6.07, 6.45) is 1.05. The molecule has 2 aromatic carbocycles. The van der Waals surface area contributed by atoms with Crippen molar-refractivity contribution in [2.75, 3.05) is 37.0 Å². The van der Waals surface area contributed by atoms with Crippen LogP contribution in [0.15, 0.2) is 46.9 Å². The average Bonchev–Trinajstić information content (AvgIpc) is 3.03. The summed E-state index contributed by atoms with van der Waals surface area (Å²) < 4.78 is 14.6. The molecule has 0 amide bonds. The molecule has 3 aliphatic rings. The lowest BCUT2D eigenvalue weighted by atomic mass is 10.0. The normalized spacial score (nSPS) is 24.1. The van der Waals surface area contributed by atoms with E-state index in [4.69, 9.17) is 9.47 Å². The lowest BCUT2D eigenvalue weighted by Gasteiger charge is -2.26. The van der Waals surface area contributed by atoms with Crippen LogP contribution in [0.5, 0.6) is 11.5 Å². The van der Waals surface area contributed by atoms with Gasteiger partial charge in [0.2, 0.25) is 0 Å². The van der Waals surface area contributed by atoms with E-state index < -0.39 is 5.72 Å². The first kappa shape index (κ1) is 17.4. The maximum Gasteiger partial charge on any atom is 0.316 e. The Morgan fingerprint density at radius 3 is 2.67 bits per heavy atom. The predicted octanol–water partition coefficient (Wildman–Crippen LogP) is 3.39. The van der Waals surface area contributed by atoms with Crippen molar-refractivity contribution in [2.24, 2.45) is 0 Å². The molecule has 1 unspecified atom stereocenters. The van der Waals surface area contributed by atoms with Gasteiger partial charge in [-0.3, -0.25) is 0 Å². The molecule has 2 aromatic rings. The van der Waals surface area contributed by atoms with Crippen molar-refractivity contribution in [2.45, 2.75) is 12.1 Å². The SMILES string of the molecule is OC1(c2ccc3c(c2)OCCO3)CN(c2ccc(Br)cc2)C2=[N+]1CCCS2. The molecule has 1 N–H and O–H groups in total. The maximum atomic E-state index is 11.8. The van der Waals surface area contributed by atoms with Crippen molar-refractivity contribution < 1.29 is 19.2 Å². The highest BCUT2D eigenvalue weighted by Gasteiger charge is 2.53. The van der Waals surface area contributed by atoms with E-state index in [9.17, 15) is 5.11 Å². The molecule has 0 saturated carbocycles. The second-order valence-electron chi connectivity index (χ2n) is 6.87. The first-order chi connectivity index (χ1) is 13.1. The highest BCUT2D eigenvalue weighted by molar-refractivity contribution is 9.10. The summed E-state index contributed by atoms with van der Waals surface area (Å²) in [6, 6.07) is 14.0. The van der Waals surface area contributed by atoms with Crippen molar-refractivity contribution in [3.63, 3.8) is 0 Å². The highest BCUT2D eigenvalue weighted by atomic mass is 79.9. The van der Waals surface area contributed by atoms with Crippen molar-refractivity contribution in [3.05, 3.63) is 52.5 Å². The van der Waals surface area contributed by atoms with E-state index in [1.807, 2.05) is 42.1 Å². The highest BCUT2D eigenvalue weighted by Crippen LogP contribution is 2.41. The zero-order valence-electron chi connectivity index (χ0n) is 14.7. The zero-order valence-corrected chi connectivity index (χ0v) is 17.1. The van der Waals surface area contributed by atoms with Crippen molar-refractivity contribution in [3.8, 4) is 11.5 Å². The number of hydrogen-bond donors (Lipinski definition) is 1. The molecule has 3 heterocycles. The summed E-state index contributed by atoms with van der Waals surface area (Å²) in [6.45, 7) is 2.42. The molecule has 0 aromatic heterocycles. The quantitative estimate of drug-likeness (QED) is 0.714. The van der Waals surface area contributed by atoms with E-state index in [-0.39, 0.29) is 0 Å². The predicted molar refractivity (Wildman–Crippen MR) is 110 cm³/mol. The first-order valence-electron chi connectivity index (χ1n) is 9.08. The Labute approximate surface area is 170 Å². The Bertz CT molecular complexity index is 918. The van der Waals surface area contributed by atoms with Gasteiger partial charge < -0.3 is 14.6 Å². The summed E-state index contributed by atoms with van der Waals surface area (Å²) >= 11 is 5.31. The second kappa shape index (κ2) is 6.72. The van der Waals surface area contributed by atoms with Gasteiger partial charge in [0.25, 0.3) is 5.72 Å². The molecular formula is C20H20BrN2O3S+. The van der Waals surface area contributed by atoms with E-state index in [0.717, 1.165) is 45.4 Å². The van der Waals surface area contributed by atoms with E-state index in [1.54, 1.807) is 0 Å². The van der Waals surface area contributed by atoms with Crippen LogP contribution in [0.3, 0.4) is 0 Å². The molecule has 3 aliphatic heterocycles. The van der Waals surface area contributed by atoms with Crippen molar-refractivity contribution in [1.82, 2.24) is 0 Å². The minimum atomic E-state index is -1.09. The number of benzene rings is 2. The molecule has 0 radical (unpaired) electrons. The number of halogens is 1. The fourth-order valence-corrected chi connectivity index (χ4v) is 5.31. The summed E-state index contributed by atoms with van der Waals surface area (Å²) in [5.41, 5.74) is 0.832. The van der Waals surface area contributed by atoms with Gasteiger partial charge in [0.1, 0.15) is 18.9 Å². The average molecular weight is 448 g/mol. The van der Waals surface area contributed by atoms with Gasteiger partial charge in [0.15, 0.2) is 18.0 Å². The molecule has 27 heavy (non-hydrogen) atoms. The van der Waals surface area contributed by atoms with E-state index >= 15 is 0 Å². The third-order valence-corrected chi connectivity index (χ3v) is 6.91. The molecule has 1 atom stereocenters. The molecule has 140 valence electrons. The van der Waals surface area contributed by atoms with Crippen LogP contribution < -0.4 is 14.4 Å². The lowest BCUT2D eigenvalue weighted by Crippen LogP contribution is -2.41. The van der Waals surface area contributed by atoms with Gasteiger partial charge in [-0.1, -0.05) is 15.9 Å². The summed E-state index contributed by atoms with van der Waals surface area (Å²) in [7, 11) is 0. The Hall–Kier alpha value is -1.70. The number of aliphatic hydroxyl groups is 1. The topological polar surface area (TPSA) is 44.9 Å².